The maximum atomic E-state index is 6.38. The second-order valence-corrected chi connectivity index (χ2v) is 7.48. The molecule has 8 heteroatoms. The second-order valence-electron chi connectivity index (χ2n) is 5.02. The molecular weight excluding hydrogens is 397 g/mol. The molecule has 2 heterocycles. The first-order chi connectivity index (χ1) is 12.2. The monoisotopic (exact) mass is 411 g/mol. The quantitative estimate of drug-likeness (QED) is 0.414. The average Bonchev–Trinajstić information content (AvgIpc) is 3.23. The molecule has 0 bridgehead atoms. The van der Waals surface area contributed by atoms with Crippen LogP contribution in [0.15, 0.2) is 50.5 Å². The largest absolute Gasteiger partial charge is 0.383 e. The fourth-order valence-electron chi connectivity index (χ4n) is 2.11. The van der Waals surface area contributed by atoms with E-state index in [1.807, 2.05) is 40.6 Å². The van der Waals surface area contributed by atoms with Gasteiger partial charge in [0.1, 0.15) is 0 Å². The molecule has 0 saturated carbocycles. The molecule has 2 aromatic heterocycles. The molecule has 0 saturated heterocycles. The predicted octanol–water partition coefficient (Wildman–Crippen LogP) is 5.01. The zero-order valence-corrected chi connectivity index (χ0v) is 16.5. The number of benzene rings is 1. The van der Waals surface area contributed by atoms with Crippen LogP contribution in [0.2, 0.25) is 10.0 Å². The highest BCUT2D eigenvalue weighted by Crippen LogP contribution is 2.30. The van der Waals surface area contributed by atoms with Crippen molar-refractivity contribution < 1.29 is 4.74 Å². The summed E-state index contributed by atoms with van der Waals surface area (Å²) in [6.45, 7) is 1.13. The predicted molar refractivity (Wildman–Crippen MR) is 107 cm³/mol. The molecule has 0 spiro atoms. The molecule has 3 rings (SSSR count). The minimum absolute atomic E-state index is 0.559. The van der Waals surface area contributed by atoms with Crippen LogP contribution in [0.5, 0.6) is 0 Å². The highest BCUT2D eigenvalue weighted by molar-refractivity contribution is 7.08. The van der Waals surface area contributed by atoms with E-state index in [1.165, 1.54) is 11.3 Å². The summed E-state index contributed by atoms with van der Waals surface area (Å²) in [4.78, 5) is 5.35. The van der Waals surface area contributed by atoms with Gasteiger partial charge >= 0.3 is 0 Å². The van der Waals surface area contributed by atoms with Crippen LogP contribution in [0.25, 0.3) is 11.3 Å². The van der Waals surface area contributed by atoms with E-state index >= 15 is 0 Å². The van der Waals surface area contributed by atoms with Gasteiger partial charge in [-0.25, -0.2) is 4.68 Å². The number of thiophene rings is 1. The highest BCUT2D eigenvalue weighted by Gasteiger charge is 2.11. The maximum Gasteiger partial charge on any atom is 0.206 e. The SMILES string of the molecule is COCCN=c1scc(-c2ccc(Cl)cc2Cl)n1N=Cc1ccsc1. The van der Waals surface area contributed by atoms with Crippen LogP contribution < -0.4 is 4.80 Å². The normalized spacial score (nSPS) is 12.4. The average molecular weight is 412 g/mol. The molecule has 0 aliphatic heterocycles. The summed E-state index contributed by atoms with van der Waals surface area (Å²) in [7, 11) is 1.66. The summed E-state index contributed by atoms with van der Waals surface area (Å²) in [5.41, 5.74) is 2.77. The third kappa shape index (κ3) is 4.59. The van der Waals surface area contributed by atoms with Gasteiger partial charge in [0.25, 0.3) is 0 Å². The van der Waals surface area contributed by atoms with Crippen molar-refractivity contribution in [2.24, 2.45) is 10.1 Å². The Kier molecular flexibility index (Phi) is 6.45. The second kappa shape index (κ2) is 8.78. The Morgan fingerprint density at radius 1 is 1.24 bits per heavy atom. The molecule has 0 aliphatic rings. The standard InChI is InChI=1S/C17H15Cl2N3OS2/c1-23-6-5-20-17-22(21-9-12-4-7-24-10-12)16(11-25-17)14-3-2-13(18)8-15(14)19/h2-4,7-11H,5-6H2,1H3. The summed E-state index contributed by atoms with van der Waals surface area (Å²) in [6.07, 6.45) is 1.81. The van der Waals surface area contributed by atoms with Crippen LogP contribution in [0.4, 0.5) is 0 Å². The Bertz CT molecular complexity index is 930. The van der Waals surface area contributed by atoms with Gasteiger partial charge in [-0.2, -0.15) is 16.4 Å². The number of hydrogen-bond acceptors (Lipinski definition) is 5. The number of hydrogen-bond donors (Lipinski definition) is 0. The van der Waals surface area contributed by atoms with E-state index in [4.69, 9.17) is 27.9 Å². The van der Waals surface area contributed by atoms with E-state index in [-0.39, 0.29) is 0 Å². The van der Waals surface area contributed by atoms with Gasteiger partial charge in [0.2, 0.25) is 4.80 Å². The smallest absolute Gasteiger partial charge is 0.206 e. The molecule has 25 heavy (non-hydrogen) atoms. The van der Waals surface area contributed by atoms with Gasteiger partial charge in [-0.15, -0.1) is 11.3 Å². The lowest BCUT2D eigenvalue weighted by molar-refractivity contribution is 0.207. The third-order valence-electron chi connectivity index (χ3n) is 3.30. The van der Waals surface area contributed by atoms with Crippen molar-refractivity contribution in [3.8, 4) is 11.3 Å². The molecule has 4 nitrogen and oxygen atoms in total. The lowest BCUT2D eigenvalue weighted by Gasteiger charge is -2.06. The fourth-order valence-corrected chi connectivity index (χ4v) is 4.08. The number of nitrogens with zero attached hydrogens (tertiary/aromatic N) is 3. The van der Waals surface area contributed by atoms with Gasteiger partial charge in [0.15, 0.2) is 0 Å². The first kappa shape index (κ1) is 18.4. The van der Waals surface area contributed by atoms with E-state index in [1.54, 1.807) is 29.2 Å². The Hall–Kier alpha value is -1.44. The minimum atomic E-state index is 0.559. The Morgan fingerprint density at radius 3 is 2.84 bits per heavy atom. The first-order valence-electron chi connectivity index (χ1n) is 7.41. The summed E-state index contributed by atoms with van der Waals surface area (Å²) in [6, 6.07) is 7.44. The van der Waals surface area contributed by atoms with Gasteiger partial charge in [-0.3, -0.25) is 4.99 Å². The number of rotatable bonds is 6. The number of methoxy groups -OCH3 is 1. The van der Waals surface area contributed by atoms with Crippen molar-refractivity contribution in [3.05, 3.63) is 60.8 Å². The molecule has 130 valence electrons. The van der Waals surface area contributed by atoms with Crippen LogP contribution >= 0.6 is 45.9 Å². The number of halogens is 2. The first-order valence-corrected chi connectivity index (χ1v) is 9.99. The molecule has 0 aliphatic carbocycles. The zero-order valence-electron chi connectivity index (χ0n) is 13.4. The van der Waals surface area contributed by atoms with Gasteiger partial charge in [-0.05, 0) is 35.0 Å². The van der Waals surface area contributed by atoms with Gasteiger partial charge in [0.05, 0.1) is 30.1 Å². The van der Waals surface area contributed by atoms with Crippen LogP contribution in [0.3, 0.4) is 0 Å². The fraction of sp³-hybridized carbons (Fsp3) is 0.176. The summed E-state index contributed by atoms with van der Waals surface area (Å²) < 4.78 is 6.87. The van der Waals surface area contributed by atoms with E-state index in [2.05, 4.69) is 10.1 Å². The van der Waals surface area contributed by atoms with Crippen molar-refractivity contribution in [2.75, 3.05) is 20.3 Å². The van der Waals surface area contributed by atoms with Crippen molar-refractivity contribution in [1.29, 1.82) is 0 Å². The lowest BCUT2D eigenvalue weighted by atomic mass is 10.2. The highest BCUT2D eigenvalue weighted by atomic mass is 35.5. The summed E-state index contributed by atoms with van der Waals surface area (Å²) >= 11 is 15.5. The minimum Gasteiger partial charge on any atom is -0.383 e. The molecule has 0 unspecified atom stereocenters. The molecule has 0 amide bonds. The van der Waals surface area contributed by atoms with Gasteiger partial charge < -0.3 is 4.74 Å². The Morgan fingerprint density at radius 2 is 2.12 bits per heavy atom. The van der Waals surface area contributed by atoms with Crippen molar-refractivity contribution >= 4 is 52.1 Å². The number of aromatic nitrogens is 1. The van der Waals surface area contributed by atoms with Crippen molar-refractivity contribution in [3.63, 3.8) is 0 Å². The number of ether oxygens (including phenoxy) is 1. The summed E-state index contributed by atoms with van der Waals surface area (Å²) in [5, 5.41) is 11.8. The molecule has 0 radical (unpaired) electrons. The summed E-state index contributed by atoms with van der Waals surface area (Å²) in [5.74, 6) is 0. The van der Waals surface area contributed by atoms with E-state index in [0.717, 1.165) is 21.6 Å². The third-order valence-corrected chi connectivity index (χ3v) is 5.40. The molecule has 0 N–H and O–H groups in total. The maximum absolute atomic E-state index is 6.38. The van der Waals surface area contributed by atoms with Crippen molar-refractivity contribution in [2.45, 2.75) is 0 Å². The topological polar surface area (TPSA) is 38.9 Å². The molecular formula is C17H15Cl2N3OS2. The van der Waals surface area contributed by atoms with Crippen LogP contribution in [-0.2, 0) is 4.74 Å². The Balaban J connectivity index is 2.07. The molecule has 0 fully saturated rings. The molecule has 3 aromatic rings. The molecule has 0 atom stereocenters. The lowest BCUT2D eigenvalue weighted by Crippen LogP contribution is -2.13. The van der Waals surface area contributed by atoms with Gasteiger partial charge in [-0.1, -0.05) is 23.2 Å². The van der Waals surface area contributed by atoms with Crippen molar-refractivity contribution in [1.82, 2.24) is 4.68 Å². The van der Waals surface area contributed by atoms with Crippen LogP contribution in [-0.4, -0.2) is 31.2 Å². The number of thiazole rings is 1. The van der Waals surface area contributed by atoms with Gasteiger partial charge in [0, 0.05) is 28.6 Å². The molecule has 1 aromatic carbocycles. The van der Waals surface area contributed by atoms with Crippen LogP contribution in [0.1, 0.15) is 5.56 Å². The zero-order chi connectivity index (χ0) is 17.6. The van der Waals surface area contributed by atoms with E-state index < -0.39 is 0 Å². The van der Waals surface area contributed by atoms with E-state index in [9.17, 15) is 0 Å². The Labute approximate surface area is 163 Å². The van der Waals surface area contributed by atoms with Crippen LogP contribution in [0, 0.1) is 0 Å². The van der Waals surface area contributed by atoms with E-state index in [0.29, 0.717) is 23.2 Å².